The Labute approximate surface area is 158 Å². The quantitative estimate of drug-likeness (QED) is 0.783. The zero-order valence-corrected chi connectivity index (χ0v) is 15.6. The van der Waals surface area contributed by atoms with Crippen LogP contribution in [0.1, 0.15) is 30.1 Å². The first-order chi connectivity index (χ1) is 13.1. The molecule has 0 unspecified atom stereocenters. The van der Waals surface area contributed by atoms with Crippen LogP contribution in [-0.2, 0) is 9.53 Å². The third-order valence-corrected chi connectivity index (χ3v) is 4.62. The first-order valence-electron chi connectivity index (χ1n) is 9.40. The number of nitrogens with one attached hydrogen (secondary N) is 2. The van der Waals surface area contributed by atoms with E-state index in [0.29, 0.717) is 44.0 Å². The number of nitrogens with zero attached hydrogens (tertiary/aromatic N) is 2. The van der Waals surface area contributed by atoms with E-state index in [2.05, 4.69) is 10.6 Å². The number of ether oxygens (including phenoxy) is 1. The van der Waals surface area contributed by atoms with Crippen LogP contribution in [0.3, 0.4) is 0 Å². The average molecular weight is 374 g/mol. The van der Waals surface area contributed by atoms with Gasteiger partial charge in [-0.05, 0) is 31.9 Å². The van der Waals surface area contributed by atoms with Crippen molar-refractivity contribution in [3.05, 3.63) is 29.8 Å². The largest absolute Gasteiger partial charge is 0.450 e. The van der Waals surface area contributed by atoms with Crippen LogP contribution in [0.4, 0.5) is 10.5 Å². The Morgan fingerprint density at radius 2 is 1.81 bits per heavy atom. The van der Waals surface area contributed by atoms with E-state index < -0.39 is 0 Å². The number of hydrogen-bond acceptors (Lipinski definition) is 5. The van der Waals surface area contributed by atoms with E-state index in [9.17, 15) is 14.4 Å². The zero-order valence-electron chi connectivity index (χ0n) is 15.6. The van der Waals surface area contributed by atoms with Gasteiger partial charge in [0.05, 0.1) is 24.4 Å². The predicted molar refractivity (Wildman–Crippen MR) is 101 cm³/mol. The van der Waals surface area contributed by atoms with Gasteiger partial charge < -0.3 is 20.3 Å². The molecule has 1 saturated heterocycles. The normalized spacial score (nSPS) is 17.3. The van der Waals surface area contributed by atoms with Crippen molar-refractivity contribution in [3.63, 3.8) is 0 Å². The summed E-state index contributed by atoms with van der Waals surface area (Å²) in [5.74, 6) is -0.331. The van der Waals surface area contributed by atoms with Gasteiger partial charge in [-0.3, -0.25) is 14.5 Å². The number of para-hydroxylation sites is 1. The Hall–Kier alpha value is -2.61. The number of anilines is 1. The molecule has 2 fully saturated rings. The lowest BCUT2D eigenvalue weighted by Gasteiger charge is -2.33. The highest BCUT2D eigenvalue weighted by atomic mass is 16.6. The van der Waals surface area contributed by atoms with Crippen LogP contribution < -0.4 is 10.6 Å². The molecule has 3 rings (SSSR count). The smallest absolute Gasteiger partial charge is 0.409 e. The van der Waals surface area contributed by atoms with Crippen LogP contribution in [0.5, 0.6) is 0 Å². The van der Waals surface area contributed by atoms with Crippen molar-refractivity contribution in [2.24, 2.45) is 0 Å². The van der Waals surface area contributed by atoms with E-state index in [4.69, 9.17) is 4.74 Å². The van der Waals surface area contributed by atoms with Gasteiger partial charge in [-0.1, -0.05) is 12.1 Å². The fourth-order valence-corrected chi connectivity index (χ4v) is 2.98. The first-order valence-corrected chi connectivity index (χ1v) is 9.40. The van der Waals surface area contributed by atoms with Gasteiger partial charge >= 0.3 is 6.09 Å². The van der Waals surface area contributed by atoms with Gasteiger partial charge in [-0.25, -0.2) is 4.79 Å². The Morgan fingerprint density at radius 1 is 1.11 bits per heavy atom. The number of piperazine rings is 1. The molecule has 1 aliphatic heterocycles. The van der Waals surface area contributed by atoms with Gasteiger partial charge in [0, 0.05) is 32.2 Å². The SMILES string of the molecule is CCOC(=O)N1CCN(CC(=O)Nc2ccccc2C(=O)NC2CC2)CC1. The highest BCUT2D eigenvalue weighted by Crippen LogP contribution is 2.21. The van der Waals surface area contributed by atoms with Crippen molar-refractivity contribution in [1.82, 2.24) is 15.1 Å². The molecule has 27 heavy (non-hydrogen) atoms. The fraction of sp³-hybridized carbons (Fsp3) is 0.526. The molecule has 0 atom stereocenters. The molecule has 1 saturated carbocycles. The van der Waals surface area contributed by atoms with E-state index in [0.717, 1.165) is 12.8 Å². The van der Waals surface area contributed by atoms with Gasteiger partial charge in [0.15, 0.2) is 0 Å². The molecule has 3 amide bonds. The lowest BCUT2D eigenvalue weighted by molar-refractivity contribution is -0.117. The Bertz CT molecular complexity index is 697. The van der Waals surface area contributed by atoms with E-state index in [-0.39, 0.29) is 30.5 Å². The number of rotatable bonds is 6. The summed E-state index contributed by atoms with van der Waals surface area (Å²) in [7, 11) is 0. The van der Waals surface area contributed by atoms with Crippen LogP contribution in [-0.4, -0.2) is 73.1 Å². The van der Waals surface area contributed by atoms with Crippen molar-refractivity contribution in [2.45, 2.75) is 25.8 Å². The zero-order chi connectivity index (χ0) is 19.2. The maximum atomic E-state index is 12.4. The lowest BCUT2D eigenvalue weighted by atomic mass is 10.1. The number of carbonyl (C=O) groups excluding carboxylic acids is 3. The molecular weight excluding hydrogens is 348 g/mol. The van der Waals surface area contributed by atoms with E-state index >= 15 is 0 Å². The molecule has 1 aromatic carbocycles. The Kier molecular flexibility index (Phi) is 6.28. The van der Waals surface area contributed by atoms with Crippen molar-refractivity contribution in [1.29, 1.82) is 0 Å². The Morgan fingerprint density at radius 3 is 2.48 bits per heavy atom. The fourth-order valence-electron chi connectivity index (χ4n) is 2.98. The molecule has 2 N–H and O–H groups in total. The molecular formula is C19H26N4O4. The van der Waals surface area contributed by atoms with Crippen molar-refractivity contribution in [2.75, 3.05) is 44.6 Å². The Balaban J connectivity index is 1.50. The third-order valence-electron chi connectivity index (χ3n) is 4.62. The molecule has 0 aromatic heterocycles. The number of benzene rings is 1. The summed E-state index contributed by atoms with van der Waals surface area (Å²) in [5.41, 5.74) is 0.996. The van der Waals surface area contributed by atoms with Crippen LogP contribution in [0.25, 0.3) is 0 Å². The minimum atomic E-state index is -0.308. The maximum absolute atomic E-state index is 12.4. The molecule has 8 nitrogen and oxygen atoms in total. The van der Waals surface area contributed by atoms with Crippen molar-refractivity contribution >= 4 is 23.6 Å². The summed E-state index contributed by atoms with van der Waals surface area (Å²) in [6.07, 6.45) is 1.72. The molecule has 0 bridgehead atoms. The minimum absolute atomic E-state index is 0.156. The molecule has 1 aliphatic carbocycles. The highest BCUT2D eigenvalue weighted by Gasteiger charge is 2.26. The summed E-state index contributed by atoms with van der Waals surface area (Å²) in [6.45, 7) is 4.64. The van der Waals surface area contributed by atoms with Crippen LogP contribution in [0, 0.1) is 0 Å². The van der Waals surface area contributed by atoms with E-state index in [1.165, 1.54) is 0 Å². The highest BCUT2D eigenvalue weighted by molar-refractivity contribution is 6.04. The molecule has 0 spiro atoms. The number of amides is 3. The summed E-state index contributed by atoms with van der Waals surface area (Å²) < 4.78 is 5.00. The summed E-state index contributed by atoms with van der Waals surface area (Å²) in [5, 5.41) is 5.78. The van der Waals surface area contributed by atoms with Crippen molar-refractivity contribution < 1.29 is 19.1 Å². The van der Waals surface area contributed by atoms with Gasteiger partial charge in [0.1, 0.15) is 0 Å². The number of hydrogen-bond donors (Lipinski definition) is 2. The molecule has 146 valence electrons. The monoisotopic (exact) mass is 374 g/mol. The standard InChI is InChI=1S/C19H26N4O4/c1-2-27-19(26)23-11-9-22(10-12-23)13-17(24)21-16-6-4-3-5-15(16)18(25)20-14-7-8-14/h3-6,14H,2,7-13H2,1H3,(H,20,25)(H,21,24). The van der Waals surface area contributed by atoms with Crippen LogP contribution >= 0.6 is 0 Å². The second-order valence-electron chi connectivity index (χ2n) is 6.80. The van der Waals surface area contributed by atoms with Crippen molar-refractivity contribution in [3.8, 4) is 0 Å². The minimum Gasteiger partial charge on any atom is -0.450 e. The van der Waals surface area contributed by atoms with E-state index in [1.807, 2.05) is 4.90 Å². The van der Waals surface area contributed by atoms with Gasteiger partial charge in [0.25, 0.3) is 5.91 Å². The molecule has 8 heteroatoms. The van der Waals surface area contributed by atoms with Gasteiger partial charge in [-0.15, -0.1) is 0 Å². The topological polar surface area (TPSA) is 91.0 Å². The van der Waals surface area contributed by atoms with Gasteiger partial charge in [-0.2, -0.15) is 0 Å². The maximum Gasteiger partial charge on any atom is 0.409 e. The van der Waals surface area contributed by atoms with E-state index in [1.54, 1.807) is 36.1 Å². The molecule has 0 radical (unpaired) electrons. The molecule has 1 aromatic rings. The average Bonchev–Trinajstić information content (AvgIpc) is 3.47. The second kappa shape index (κ2) is 8.85. The molecule has 2 aliphatic rings. The summed E-state index contributed by atoms with van der Waals surface area (Å²) in [4.78, 5) is 40.1. The van der Waals surface area contributed by atoms with Crippen LogP contribution in [0.15, 0.2) is 24.3 Å². The summed E-state index contributed by atoms with van der Waals surface area (Å²) in [6, 6.07) is 7.29. The molecule has 1 heterocycles. The third kappa shape index (κ3) is 5.43. The van der Waals surface area contributed by atoms with Crippen LogP contribution in [0.2, 0.25) is 0 Å². The second-order valence-corrected chi connectivity index (χ2v) is 6.80. The first kappa shape index (κ1) is 19.2. The summed E-state index contributed by atoms with van der Waals surface area (Å²) >= 11 is 0. The number of carbonyl (C=O) groups is 3. The van der Waals surface area contributed by atoms with Gasteiger partial charge in [0.2, 0.25) is 5.91 Å². The lowest BCUT2D eigenvalue weighted by Crippen LogP contribution is -2.50. The predicted octanol–water partition coefficient (Wildman–Crippen LogP) is 1.29.